The van der Waals surface area contributed by atoms with Crippen LogP contribution in [0.4, 0.5) is 5.69 Å². The number of allylic oxidation sites excluding steroid dienone is 2. The minimum Gasteiger partial charge on any atom is -0.384 e. The van der Waals surface area contributed by atoms with Gasteiger partial charge in [-0.1, -0.05) is 94.4 Å². The summed E-state index contributed by atoms with van der Waals surface area (Å²) in [6.45, 7) is 2.96. The normalized spacial score (nSPS) is 11.6. The Balaban J connectivity index is 1.68. The zero-order valence-corrected chi connectivity index (χ0v) is 21.3. The van der Waals surface area contributed by atoms with E-state index in [2.05, 4.69) is 29.1 Å². The molecule has 34 heavy (non-hydrogen) atoms. The van der Waals surface area contributed by atoms with Gasteiger partial charge in [0.05, 0.1) is 10.5 Å². The van der Waals surface area contributed by atoms with E-state index in [1.165, 1.54) is 63.5 Å². The first-order valence-corrected chi connectivity index (χ1v) is 14.1. The molecule has 0 saturated carbocycles. The van der Waals surface area contributed by atoms with Gasteiger partial charge < -0.3 is 5.32 Å². The van der Waals surface area contributed by atoms with Gasteiger partial charge in [0.15, 0.2) is 0 Å². The van der Waals surface area contributed by atoms with Crippen molar-refractivity contribution >= 4 is 21.6 Å². The topological polar surface area (TPSA) is 75.3 Å². The number of unbranched alkanes of at least 4 members (excludes halogenated alkanes) is 9. The predicted molar refractivity (Wildman–Crippen MR) is 142 cm³/mol. The Kier molecular flexibility index (Phi) is 13.1. The maximum Gasteiger partial charge on any atom is 0.267 e. The highest BCUT2D eigenvalue weighted by molar-refractivity contribution is 7.90. The number of sulfonamides is 1. The minimum atomic E-state index is -3.91. The average molecular weight is 485 g/mol. The van der Waals surface area contributed by atoms with Crippen LogP contribution in [0.15, 0.2) is 71.6 Å². The Morgan fingerprint density at radius 3 is 2.06 bits per heavy atom. The van der Waals surface area contributed by atoms with Gasteiger partial charge in [-0.15, -0.1) is 0 Å². The molecule has 0 atom stereocenters. The number of rotatable bonds is 17. The molecule has 186 valence electrons. The maximum atomic E-state index is 12.7. The number of hydrogen-bond acceptors (Lipinski definition) is 4. The van der Waals surface area contributed by atoms with Crippen molar-refractivity contribution in [2.45, 2.75) is 82.4 Å². The van der Waals surface area contributed by atoms with E-state index in [1.54, 1.807) is 36.4 Å². The molecule has 5 nitrogen and oxygen atoms in total. The molecule has 2 rings (SSSR count). The van der Waals surface area contributed by atoms with Crippen LogP contribution in [-0.2, 0) is 10.0 Å². The number of carbonyl (C=O) groups excluding carboxylic acids is 1. The molecule has 0 fully saturated rings. The molecule has 0 aliphatic carbocycles. The monoisotopic (exact) mass is 484 g/mol. The lowest BCUT2D eigenvalue weighted by Crippen LogP contribution is -2.31. The third-order valence-electron chi connectivity index (χ3n) is 5.71. The van der Waals surface area contributed by atoms with Crippen LogP contribution in [0.5, 0.6) is 0 Å². The molecule has 0 heterocycles. The standard InChI is InChI=1S/C28H40N2O3S/c1-2-3-4-5-6-7-8-9-10-11-12-13-19-24-29-27-23-18-17-22-26(27)28(31)30-34(32,33)25-20-15-14-16-21-25/h11-12,14-18,20-23,29H,2-10,13,19,24H2,1H3,(H,30,31)/b12-11+. The van der Waals surface area contributed by atoms with Crippen molar-refractivity contribution in [3.8, 4) is 0 Å². The maximum absolute atomic E-state index is 12.7. The first-order chi connectivity index (χ1) is 16.5. The third kappa shape index (κ3) is 10.6. The molecule has 0 spiro atoms. The van der Waals surface area contributed by atoms with Crippen LogP contribution >= 0.6 is 0 Å². The second-order valence-corrected chi connectivity index (χ2v) is 10.3. The van der Waals surface area contributed by atoms with E-state index in [0.717, 1.165) is 19.3 Å². The van der Waals surface area contributed by atoms with Crippen LogP contribution in [0, 0.1) is 0 Å². The van der Waals surface area contributed by atoms with Crippen molar-refractivity contribution in [1.82, 2.24) is 4.72 Å². The zero-order chi connectivity index (χ0) is 24.5. The van der Waals surface area contributed by atoms with E-state index in [-0.39, 0.29) is 4.90 Å². The fourth-order valence-corrected chi connectivity index (χ4v) is 4.73. The van der Waals surface area contributed by atoms with Gasteiger partial charge in [0.2, 0.25) is 0 Å². The molecule has 0 aromatic heterocycles. The van der Waals surface area contributed by atoms with Crippen LogP contribution in [0.25, 0.3) is 0 Å². The summed E-state index contributed by atoms with van der Waals surface area (Å²) in [4.78, 5) is 12.7. The van der Waals surface area contributed by atoms with Crippen molar-refractivity contribution in [2.24, 2.45) is 0 Å². The largest absolute Gasteiger partial charge is 0.384 e. The summed E-state index contributed by atoms with van der Waals surface area (Å²) < 4.78 is 27.1. The smallest absolute Gasteiger partial charge is 0.267 e. The molecule has 1 amide bonds. The number of nitrogens with one attached hydrogen (secondary N) is 2. The van der Waals surface area contributed by atoms with Crippen molar-refractivity contribution in [3.63, 3.8) is 0 Å². The molecule has 2 aromatic carbocycles. The van der Waals surface area contributed by atoms with Gasteiger partial charge in [-0.25, -0.2) is 13.1 Å². The fourth-order valence-electron chi connectivity index (χ4n) is 3.75. The molecule has 0 unspecified atom stereocenters. The summed E-state index contributed by atoms with van der Waals surface area (Å²) in [6, 6.07) is 14.9. The van der Waals surface area contributed by atoms with Crippen molar-refractivity contribution in [2.75, 3.05) is 11.9 Å². The van der Waals surface area contributed by atoms with E-state index in [1.807, 2.05) is 6.07 Å². The lowest BCUT2D eigenvalue weighted by Gasteiger charge is -2.12. The minimum absolute atomic E-state index is 0.0625. The van der Waals surface area contributed by atoms with Crippen molar-refractivity contribution in [1.29, 1.82) is 0 Å². The van der Waals surface area contributed by atoms with E-state index < -0.39 is 15.9 Å². The summed E-state index contributed by atoms with van der Waals surface area (Å²) in [7, 11) is -3.91. The molecule has 0 radical (unpaired) electrons. The summed E-state index contributed by atoms with van der Waals surface area (Å²) in [5.74, 6) is -0.641. The lowest BCUT2D eigenvalue weighted by molar-refractivity contribution is 0.0982. The molecule has 2 N–H and O–H groups in total. The Morgan fingerprint density at radius 2 is 1.35 bits per heavy atom. The predicted octanol–water partition coefficient (Wildman–Crippen LogP) is 7.08. The lowest BCUT2D eigenvalue weighted by atomic mass is 10.1. The number of amides is 1. The molecular formula is C28H40N2O3S. The number of anilines is 1. The second kappa shape index (κ2) is 16.1. The molecule has 2 aromatic rings. The Morgan fingerprint density at radius 1 is 0.765 bits per heavy atom. The van der Waals surface area contributed by atoms with Crippen LogP contribution in [0.3, 0.4) is 0 Å². The van der Waals surface area contributed by atoms with E-state index >= 15 is 0 Å². The highest BCUT2D eigenvalue weighted by Crippen LogP contribution is 2.17. The summed E-state index contributed by atoms with van der Waals surface area (Å²) in [5.41, 5.74) is 0.943. The fraction of sp³-hybridized carbons (Fsp3) is 0.464. The quantitative estimate of drug-likeness (QED) is 0.186. The van der Waals surface area contributed by atoms with Crippen LogP contribution in [0.1, 0.15) is 87.9 Å². The van der Waals surface area contributed by atoms with Crippen LogP contribution < -0.4 is 10.0 Å². The van der Waals surface area contributed by atoms with Gasteiger partial charge in [0.1, 0.15) is 0 Å². The summed E-state index contributed by atoms with van der Waals surface area (Å²) in [5, 5.41) is 3.27. The van der Waals surface area contributed by atoms with Crippen LogP contribution in [0.2, 0.25) is 0 Å². The first kappa shape index (κ1) is 27.6. The molecule has 0 bridgehead atoms. The number of carbonyl (C=O) groups is 1. The Hall–Kier alpha value is -2.60. The van der Waals surface area contributed by atoms with Gasteiger partial charge in [0.25, 0.3) is 15.9 Å². The molecular weight excluding hydrogens is 444 g/mol. The SMILES string of the molecule is CCCCCCCCCC/C=C/CCCNc1ccccc1C(=O)NS(=O)(=O)c1ccccc1. The van der Waals surface area contributed by atoms with Gasteiger partial charge >= 0.3 is 0 Å². The van der Waals surface area contributed by atoms with E-state index in [4.69, 9.17) is 0 Å². The third-order valence-corrected chi connectivity index (χ3v) is 7.05. The molecule has 0 saturated heterocycles. The Bertz CT molecular complexity index is 972. The van der Waals surface area contributed by atoms with E-state index in [9.17, 15) is 13.2 Å². The van der Waals surface area contributed by atoms with Crippen LogP contribution in [-0.4, -0.2) is 20.9 Å². The highest BCUT2D eigenvalue weighted by atomic mass is 32.2. The highest BCUT2D eigenvalue weighted by Gasteiger charge is 2.20. The molecule has 0 aliphatic rings. The molecule has 6 heteroatoms. The summed E-state index contributed by atoms with van der Waals surface area (Å²) >= 11 is 0. The number of para-hydroxylation sites is 1. The number of hydrogen-bond donors (Lipinski definition) is 2. The molecule has 0 aliphatic heterocycles. The summed E-state index contributed by atoms with van der Waals surface area (Å²) in [6.07, 6.45) is 18.3. The van der Waals surface area contributed by atoms with Gasteiger partial charge in [-0.3, -0.25) is 4.79 Å². The van der Waals surface area contributed by atoms with E-state index in [0.29, 0.717) is 17.8 Å². The first-order valence-electron chi connectivity index (χ1n) is 12.6. The zero-order valence-electron chi connectivity index (χ0n) is 20.5. The number of benzene rings is 2. The second-order valence-electron chi connectivity index (χ2n) is 8.60. The van der Waals surface area contributed by atoms with Gasteiger partial charge in [-0.2, -0.15) is 0 Å². The van der Waals surface area contributed by atoms with Crippen molar-refractivity contribution < 1.29 is 13.2 Å². The Labute approximate surface area is 206 Å². The van der Waals surface area contributed by atoms with Crippen molar-refractivity contribution in [3.05, 3.63) is 72.3 Å². The van der Waals surface area contributed by atoms with Gasteiger partial charge in [0, 0.05) is 12.2 Å². The van der Waals surface area contributed by atoms with Gasteiger partial charge in [-0.05, 0) is 49.9 Å². The average Bonchev–Trinajstić information content (AvgIpc) is 2.85.